The van der Waals surface area contributed by atoms with Gasteiger partial charge in [-0.2, -0.15) is 0 Å². The van der Waals surface area contributed by atoms with Gasteiger partial charge in [0, 0.05) is 25.7 Å². The predicted octanol–water partition coefficient (Wildman–Crippen LogP) is 2.23. The maximum atomic E-state index is 14.2. The Balaban J connectivity index is 1.44. The molecule has 3 atom stereocenters. The number of halogens is 2. The highest BCUT2D eigenvalue weighted by atomic mass is 32.1. The van der Waals surface area contributed by atoms with E-state index in [4.69, 9.17) is 9.47 Å². The van der Waals surface area contributed by atoms with Crippen LogP contribution in [0.1, 0.15) is 40.3 Å². The topological polar surface area (TPSA) is 116 Å². The number of esters is 1. The van der Waals surface area contributed by atoms with E-state index in [1.165, 1.54) is 31.2 Å². The van der Waals surface area contributed by atoms with Crippen LogP contribution in [0.2, 0.25) is 0 Å². The molecule has 0 radical (unpaired) electrons. The molecule has 1 unspecified atom stereocenters. The number of pyridine rings is 1. The monoisotopic (exact) mass is 543 g/mol. The normalized spacial score (nSPS) is 25.1. The van der Waals surface area contributed by atoms with E-state index in [2.05, 4.69) is 15.5 Å². The number of nitrogens with one attached hydrogen (secondary N) is 1. The van der Waals surface area contributed by atoms with Crippen LogP contribution >= 0.6 is 11.3 Å². The van der Waals surface area contributed by atoms with Crippen LogP contribution in [0.5, 0.6) is 5.75 Å². The molecule has 2 fully saturated rings. The highest BCUT2D eigenvalue weighted by Crippen LogP contribution is 2.69. The van der Waals surface area contributed by atoms with Gasteiger partial charge in [0.25, 0.3) is 5.91 Å². The number of amides is 1. The molecule has 13 heteroatoms. The van der Waals surface area contributed by atoms with E-state index in [9.17, 15) is 23.2 Å². The zero-order chi connectivity index (χ0) is 27.0. The SMILES string of the molecule is COC(=O)[C@]12C[C@H]1CCC21NC(=O)c2c(OC)c(=O)c(-c3nnc(Cc4ccc(F)cc4F)s3)cn2N1C. The summed E-state index contributed by atoms with van der Waals surface area (Å²) in [6, 6.07) is 3.29. The first-order valence-corrected chi connectivity index (χ1v) is 12.7. The Morgan fingerprint density at radius 1 is 1.26 bits per heavy atom. The van der Waals surface area contributed by atoms with Crippen molar-refractivity contribution in [2.45, 2.75) is 31.3 Å². The largest absolute Gasteiger partial charge is 0.491 e. The zero-order valence-electron chi connectivity index (χ0n) is 20.7. The summed E-state index contributed by atoms with van der Waals surface area (Å²) < 4.78 is 39.5. The number of hydrogen-bond donors (Lipinski definition) is 1. The number of hydrogen-bond acceptors (Lipinski definition) is 9. The molecule has 1 aliphatic heterocycles. The van der Waals surface area contributed by atoms with Crippen LogP contribution in [0, 0.1) is 23.0 Å². The van der Waals surface area contributed by atoms with Gasteiger partial charge in [-0.3, -0.25) is 24.1 Å². The van der Waals surface area contributed by atoms with Gasteiger partial charge in [0.1, 0.15) is 27.7 Å². The molecule has 1 amide bonds. The smallest absolute Gasteiger partial charge is 0.316 e. The van der Waals surface area contributed by atoms with Crippen molar-refractivity contribution in [3.8, 4) is 16.3 Å². The van der Waals surface area contributed by atoms with Crippen molar-refractivity contribution in [3.63, 3.8) is 0 Å². The second kappa shape index (κ2) is 8.32. The van der Waals surface area contributed by atoms with Crippen molar-refractivity contribution in [3.05, 3.63) is 62.5 Å². The number of rotatable bonds is 5. The highest BCUT2D eigenvalue weighted by molar-refractivity contribution is 7.14. The summed E-state index contributed by atoms with van der Waals surface area (Å²) in [5, 5.41) is 13.7. The van der Waals surface area contributed by atoms with Gasteiger partial charge in [-0.15, -0.1) is 10.2 Å². The van der Waals surface area contributed by atoms with Gasteiger partial charge >= 0.3 is 5.97 Å². The first-order valence-electron chi connectivity index (χ1n) is 11.9. The molecule has 0 saturated heterocycles. The number of ether oxygens (including phenoxy) is 2. The Kier molecular flexibility index (Phi) is 5.35. The molecule has 3 heterocycles. The number of benzene rings is 1. The maximum absolute atomic E-state index is 14.2. The summed E-state index contributed by atoms with van der Waals surface area (Å²) in [5.74, 6) is -2.41. The molecule has 198 valence electrons. The van der Waals surface area contributed by atoms with Crippen molar-refractivity contribution >= 4 is 23.2 Å². The van der Waals surface area contributed by atoms with Gasteiger partial charge in [-0.1, -0.05) is 17.4 Å². The van der Waals surface area contributed by atoms with Gasteiger partial charge < -0.3 is 14.8 Å². The minimum atomic E-state index is -1.04. The number of carbonyl (C=O) groups is 2. The van der Waals surface area contributed by atoms with Gasteiger partial charge in [0.2, 0.25) is 5.43 Å². The molecule has 1 aromatic carbocycles. The van der Waals surface area contributed by atoms with Gasteiger partial charge in [0.05, 0.1) is 19.8 Å². The van der Waals surface area contributed by atoms with Crippen LogP contribution in [0.25, 0.3) is 10.6 Å². The molecule has 3 aromatic rings. The van der Waals surface area contributed by atoms with Gasteiger partial charge in [-0.05, 0) is 36.8 Å². The average molecular weight is 544 g/mol. The Morgan fingerprint density at radius 2 is 2.05 bits per heavy atom. The van der Waals surface area contributed by atoms with Crippen LogP contribution < -0.4 is 20.5 Å². The Bertz CT molecular complexity index is 1570. The third-order valence-electron chi connectivity index (χ3n) is 8.06. The third-order valence-corrected chi connectivity index (χ3v) is 9.02. The first kappa shape index (κ1) is 24.5. The highest BCUT2D eigenvalue weighted by Gasteiger charge is 2.79. The van der Waals surface area contributed by atoms with E-state index in [1.807, 2.05) is 0 Å². The maximum Gasteiger partial charge on any atom is 0.316 e. The quantitative estimate of drug-likeness (QED) is 0.488. The van der Waals surface area contributed by atoms with Crippen molar-refractivity contribution < 1.29 is 27.8 Å². The molecule has 10 nitrogen and oxygen atoms in total. The van der Waals surface area contributed by atoms with Crippen LogP contribution in [0.3, 0.4) is 0 Å². The second-order valence-electron chi connectivity index (χ2n) is 9.75. The Morgan fingerprint density at radius 3 is 2.74 bits per heavy atom. The number of nitrogens with zero attached hydrogens (tertiary/aromatic N) is 4. The molecule has 2 saturated carbocycles. The average Bonchev–Trinajstić information content (AvgIpc) is 3.32. The van der Waals surface area contributed by atoms with E-state index in [-0.39, 0.29) is 45.9 Å². The molecule has 2 aromatic heterocycles. The van der Waals surface area contributed by atoms with Crippen molar-refractivity contribution in [1.29, 1.82) is 0 Å². The fourth-order valence-corrected chi connectivity index (χ4v) is 7.02. The molecular formula is C25H23F2N5O5S. The van der Waals surface area contributed by atoms with Gasteiger partial charge in [-0.25, -0.2) is 8.78 Å². The lowest BCUT2D eigenvalue weighted by Crippen LogP contribution is -2.72. The van der Waals surface area contributed by atoms with E-state index in [0.717, 1.165) is 29.9 Å². The summed E-state index contributed by atoms with van der Waals surface area (Å²) in [6.45, 7) is 0. The standard InChI is InChI=1S/C25H23F2N5O5S/c1-31-25(7-6-13-10-24(13,25)23(35)37-3)28-21(34)18-20(36-2)19(33)15(11-32(18)31)22-30-29-17(38-22)8-12-4-5-14(26)9-16(12)27/h4-5,9,11,13H,6-8,10H2,1-3H3,(H,28,34)/t13-,24+,25?/m1/s1. The van der Waals surface area contributed by atoms with E-state index >= 15 is 0 Å². The number of carbonyl (C=O) groups excluding carboxylic acids is 2. The summed E-state index contributed by atoms with van der Waals surface area (Å²) in [5.41, 5.74) is -2.14. The summed E-state index contributed by atoms with van der Waals surface area (Å²) in [6.07, 6.45) is 3.39. The van der Waals surface area contributed by atoms with E-state index in [1.54, 1.807) is 12.1 Å². The first-order chi connectivity index (χ1) is 18.2. The van der Waals surface area contributed by atoms with Crippen LogP contribution in [0.4, 0.5) is 8.78 Å². The summed E-state index contributed by atoms with van der Waals surface area (Å²) >= 11 is 1.08. The van der Waals surface area contributed by atoms with Crippen molar-refractivity contribution in [2.24, 2.45) is 11.3 Å². The minimum Gasteiger partial charge on any atom is -0.491 e. The van der Waals surface area contributed by atoms with Gasteiger partial charge in [0.15, 0.2) is 16.5 Å². The van der Waals surface area contributed by atoms with Crippen LogP contribution in [-0.2, 0) is 16.0 Å². The Hall–Kier alpha value is -3.87. The molecule has 1 spiro atoms. The third kappa shape index (κ3) is 3.17. The van der Waals surface area contributed by atoms with Crippen LogP contribution in [0.15, 0.2) is 29.2 Å². The molecule has 38 heavy (non-hydrogen) atoms. The summed E-state index contributed by atoms with van der Waals surface area (Å²) in [4.78, 5) is 39.8. The Labute approximate surface area is 219 Å². The minimum absolute atomic E-state index is 0.00314. The number of fused-ring (bicyclic) bond motifs is 3. The van der Waals surface area contributed by atoms with Crippen LogP contribution in [-0.4, -0.2) is 53.7 Å². The molecular weight excluding hydrogens is 520 g/mol. The van der Waals surface area contributed by atoms with E-state index < -0.39 is 34.0 Å². The fourth-order valence-electron chi connectivity index (χ4n) is 6.15. The lowest BCUT2D eigenvalue weighted by atomic mass is 9.88. The molecule has 6 rings (SSSR count). The van der Waals surface area contributed by atoms with E-state index in [0.29, 0.717) is 17.8 Å². The number of aromatic nitrogens is 3. The fraction of sp³-hybridized carbons (Fsp3) is 0.400. The second-order valence-corrected chi connectivity index (χ2v) is 10.8. The molecule has 0 bridgehead atoms. The zero-order valence-corrected chi connectivity index (χ0v) is 21.5. The molecule has 1 N–H and O–H groups in total. The van der Waals surface area contributed by atoms with Crippen molar-refractivity contribution in [2.75, 3.05) is 26.3 Å². The number of methoxy groups -OCH3 is 2. The van der Waals surface area contributed by atoms with Crippen molar-refractivity contribution in [1.82, 2.24) is 20.2 Å². The summed E-state index contributed by atoms with van der Waals surface area (Å²) in [7, 11) is 4.37. The lowest BCUT2D eigenvalue weighted by molar-refractivity contribution is -0.151. The molecule has 3 aliphatic rings. The lowest BCUT2D eigenvalue weighted by Gasteiger charge is -2.50. The predicted molar refractivity (Wildman–Crippen MR) is 131 cm³/mol. The molecule has 2 aliphatic carbocycles.